The average Bonchev–Trinajstić information content (AvgIpc) is 2.92. The van der Waals surface area contributed by atoms with Gasteiger partial charge in [-0.25, -0.2) is 9.59 Å². The van der Waals surface area contributed by atoms with E-state index >= 15 is 0 Å². The van der Waals surface area contributed by atoms with Crippen molar-refractivity contribution in [2.24, 2.45) is 0 Å². The molecular formula is C32H34N4O2. The lowest BCUT2D eigenvalue weighted by molar-refractivity contribution is 0.237. The summed E-state index contributed by atoms with van der Waals surface area (Å²) in [5.74, 6) is 12.7. The first-order chi connectivity index (χ1) is 18.4. The Kier molecular flexibility index (Phi) is 10.4. The van der Waals surface area contributed by atoms with Gasteiger partial charge in [0.15, 0.2) is 0 Å². The predicted molar refractivity (Wildman–Crippen MR) is 153 cm³/mol. The van der Waals surface area contributed by atoms with E-state index in [9.17, 15) is 9.59 Å². The van der Waals surface area contributed by atoms with Gasteiger partial charge in [-0.15, -0.1) is 0 Å². The number of nitrogens with one attached hydrogen (secondary N) is 4. The van der Waals surface area contributed by atoms with E-state index in [0.717, 1.165) is 33.4 Å². The van der Waals surface area contributed by atoms with E-state index in [1.54, 1.807) is 0 Å². The van der Waals surface area contributed by atoms with Crippen molar-refractivity contribution in [2.75, 3.05) is 13.1 Å². The molecule has 4 amide bonds. The molecule has 0 fully saturated rings. The molecule has 6 nitrogen and oxygen atoms in total. The molecule has 0 aliphatic rings. The molecule has 0 radical (unpaired) electrons. The van der Waals surface area contributed by atoms with Crippen molar-refractivity contribution >= 4 is 12.1 Å². The summed E-state index contributed by atoms with van der Waals surface area (Å²) in [5, 5.41) is 11.3. The molecule has 0 spiro atoms. The highest BCUT2D eigenvalue weighted by atomic mass is 16.2. The third-order valence-electron chi connectivity index (χ3n) is 5.78. The lowest BCUT2D eigenvalue weighted by Gasteiger charge is -2.14. The van der Waals surface area contributed by atoms with Gasteiger partial charge < -0.3 is 21.3 Å². The molecule has 3 aromatic carbocycles. The van der Waals surface area contributed by atoms with E-state index in [2.05, 4.69) is 44.9 Å². The highest BCUT2D eigenvalue weighted by Crippen LogP contribution is 2.14. The molecule has 2 unspecified atom stereocenters. The zero-order chi connectivity index (χ0) is 27.3. The minimum atomic E-state index is -0.174. The van der Waals surface area contributed by atoms with Crippen LogP contribution in [0, 0.1) is 23.7 Å². The number of carbonyl (C=O) groups is 2. The van der Waals surface area contributed by atoms with Crippen molar-refractivity contribution < 1.29 is 9.59 Å². The van der Waals surface area contributed by atoms with E-state index in [-0.39, 0.29) is 24.1 Å². The first-order valence-corrected chi connectivity index (χ1v) is 12.8. The summed E-state index contributed by atoms with van der Waals surface area (Å²) in [6, 6.07) is 23.1. The summed E-state index contributed by atoms with van der Waals surface area (Å²) >= 11 is 0. The van der Waals surface area contributed by atoms with Gasteiger partial charge in [0.2, 0.25) is 0 Å². The molecule has 0 aromatic heterocycles. The van der Waals surface area contributed by atoms with Crippen molar-refractivity contribution in [2.45, 2.75) is 39.8 Å². The van der Waals surface area contributed by atoms with Crippen LogP contribution in [0.1, 0.15) is 73.2 Å². The Morgan fingerprint density at radius 2 is 0.816 bits per heavy atom. The van der Waals surface area contributed by atoms with Gasteiger partial charge in [0, 0.05) is 35.3 Å². The van der Waals surface area contributed by atoms with Gasteiger partial charge in [0.05, 0.1) is 12.1 Å². The minimum Gasteiger partial charge on any atom is -0.338 e. The van der Waals surface area contributed by atoms with Crippen molar-refractivity contribution in [3.63, 3.8) is 0 Å². The van der Waals surface area contributed by atoms with Gasteiger partial charge in [0.1, 0.15) is 0 Å². The number of rotatable bonds is 6. The maximum Gasteiger partial charge on any atom is 0.315 e. The molecule has 3 rings (SSSR count). The standard InChI is InChI=1S/C32H34N4O2/c1-5-33-31(37)35-23(3)29-19-15-27(16-20-29)13-11-25-7-9-26(10-8-25)12-14-28-17-21-30(22-18-28)24(4)36-32(38)34-6-2/h7-10,15-24H,5-6H2,1-4H3,(H2,33,35,37)(H2,34,36,38). The fraction of sp³-hybridized carbons (Fsp3) is 0.250. The molecule has 0 heterocycles. The van der Waals surface area contributed by atoms with E-state index in [4.69, 9.17) is 0 Å². The Morgan fingerprint density at radius 3 is 1.08 bits per heavy atom. The SMILES string of the molecule is CCNC(=O)NC(C)c1ccc(C#Cc2ccc(C#Cc3ccc(C(C)NC(=O)NCC)cc3)cc2)cc1. The van der Waals surface area contributed by atoms with E-state index < -0.39 is 0 Å². The van der Waals surface area contributed by atoms with Crippen LogP contribution < -0.4 is 21.3 Å². The van der Waals surface area contributed by atoms with Crippen LogP contribution in [0.5, 0.6) is 0 Å². The molecule has 2 atom stereocenters. The number of hydrogen-bond acceptors (Lipinski definition) is 2. The molecule has 0 saturated carbocycles. The summed E-state index contributed by atoms with van der Waals surface area (Å²) in [4.78, 5) is 23.4. The minimum absolute atomic E-state index is 0.0884. The molecule has 4 N–H and O–H groups in total. The highest BCUT2D eigenvalue weighted by molar-refractivity contribution is 5.74. The lowest BCUT2D eigenvalue weighted by Crippen LogP contribution is -2.36. The monoisotopic (exact) mass is 506 g/mol. The van der Waals surface area contributed by atoms with Gasteiger partial charge in [0.25, 0.3) is 0 Å². The van der Waals surface area contributed by atoms with E-state index in [1.807, 2.05) is 100 Å². The van der Waals surface area contributed by atoms with Gasteiger partial charge in [-0.1, -0.05) is 47.9 Å². The molecule has 3 aromatic rings. The van der Waals surface area contributed by atoms with Crippen LogP contribution in [-0.2, 0) is 0 Å². The molecule has 0 aliphatic carbocycles. The Hall–Kier alpha value is -4.68. The highest BCUT2D eigenvalue weighted by Gasteiger charge is 2.09. The Balaban J connectivity index is 1.57. The van der Waals surface area contributed by atoms with E-state index in [0.29, 0.717) is 13.1 Å². The number of urea groups is 2. The van der Waals surface area contributed by atoms with Gasteiger partial charge in [-0.2, -0.15) is 0 Å². The number of amides is 4. The Labute approximate surface area is 225 Å². The fourth-order valence-corrected chi connectivity index (χ4v) is 3.62. The van der Waals surface area contributed by atoms with Gasteiger partial charge in [-0.05, 0) is 87.4 Å². The van der Waals surface area contributed by atoms with Crippen LogP contribution in [0.2, 0.25) is 0 Å². The summed E-state index contributed by atoms with van der Waals surface area (Å²) in [6.45, 7) is 8.85. The summed E-state index contributed by atoms with van der Waals surface area (Å²) in [6.07, 6.45) is 0. The second-order valence-corrected chi connectivity index (χ2v) is 8.77. The van der Waals surface area contributed by atoms with Crippen LogP contribution in [0.3, 0.4) is 0 Å². The van der Waals surface area contributed by atoms with Crippen LogP contribution in [0.25, 0.3) is 0 Å². The zero-order valence-electron chi connectivity index (χ0n) is 22.3. The molecule has 0 bridgehead atoms. The quantitative estimate of drug-likeness (QED) is 0.345. The normalized spacial score (nSPS) is 11.5. The maximum absolute atomic E-state index is 11.7. The zero-order valence-corrected chi connectivity index (χ0v) is 22.3. The maximum atomic E-state index is 11.7. The van der Waals surface area contributed by atoms with Gasteiger partial charge >= 0.3 is 12.1 Å². The molecule has 38 heavy (non-hydrogen) atoms. The smallest absolute Gasteiger partial charge is 0.315 e. The average molecular weight is 507 g/mol. The third-order valence-corrected chi connectivity index (χ3v) is 5.78. The van der Waals surface area contributed by atoms with Crippen molar-refractivity contribution in [3.05, 3.63) is 106 Å². The lowest BCUT2D eigenvalue weighted by atomic mass is 10.1. The number of carbonyl (C=O) groups excluding carboxylic acids is 2. The second-order valence-electron chi connectivity index (χ2n) is 8.77. The predicted octanol–water partition coefficient (Wildman–Crippen LogP) is 5.25. The van der Waals surface area contributed by atoms with Crippen LogP contribution >= 0.6 is 0 Å². The summed E-state index contributed by atoms with van der Waals surface area (Å²) in [5.41, 5.74) is 5.66. The first-order valence-electron chi connectivity index (χ1n) is 12.8. The molecule has 6 heteroatoms. The second kappa shape index (κ2) is 14.2. The molecule has 0 aliphatic heterocycles. The Bertz CT molecular complexity index is 1230. The topological polar surface area (TPSA) is 82.3 Å². The fourth-order valence-electron chi connectivity index (χ4n) is 3.62. The van der Waals surface area contributed by atoms with Gasteiger partial charge in [-0.3, -0.25) is 0 Å². The number of benzene rings is 3. The van der Waals surface area contributed by atoms with Crippen LogP contribution in [-0.4, -0.2) is 25.2 Å². The Morgan fingerprint density at radius 1 is 0.553 bits per heavy atom. The third kappa shape index (κ3) is 8.76. The summed E-state index contributed by atoms with van der Waals surface area (Å²) in [7, 11) is 0. The molecule has 194 valence electrons. The molecular weight excluding hydrogens is 472 g/mol. The van der Waals surface area contributed by atoms with Crippen LogP contribution in [0.4, 0.5) is 9.59 Å². The first kappa shape index (κ1) is 27.9. The largest absolute Gasteiger partial charge is 0.338 e. The number of hydrogen-bond donors (Lipinski definition) is 4. The van der Waals surface area contributed by atoms with Crippen molar-refractivity contribution in [1.29, 1.82) is 0 Å². The molecule has 0 saturated heterocycles. The van der Waals surface area contributed by atoms with Crippen LogP contribution in [0.15, 0.2) is 72.8 Å². The van der Waals surface area contributed by atoms with Crippen molar-refractivity contribution in [1.82, 2.24) is 21.3 Å². The van der Waals surface area contributed by atoms with Crippen molar-refractivity contribution in [3.8, 4) is 23.7 Å². The summed E-state index contributed by atoms with van der Waals surface area (Å²) < 4.78 is 0. The van der Waals surface area contributed by atoms with E-state index in [1.165, 1.54) is 0 Å².